The Balaban J connectivity index is 1.29. The molecule has 0 aliphatic heterocycles. The fraction of sp³-hybridized carbons (Fsp3) is 0.189. The third kappa shape index (κ3) is 7.25. The van der Waals surface area contributed by atoms with Gasteiger partial charge in [-0.2, -0.15) is 0 Å². The van der Waals surface area contributed by atoms with E-state index in [9.17, 15) is 14.7 Å². The lowest BCUT2D eigenvalue weighted by molar-refractivity contribution is -0.139. The summed E-state index contributed by atoms with van der Waals surface area (Å²) < 4.78 is 0. The zero-order valence-electron chi connectivity index (χ0n) is 24.5. The zero-order valence-corrected chi connectivity index (χ0v) is 25.3. The number of aliphatic carboxylic acids is 1. The number of fused-ring (bicyclic) bond motifs is 1. The van der Waals surface area contributed by atoms with Gasteiger partial charge in [0.15, 0.2) is 0 Å². The molecule has 1 unspecified atom stereocenters. The second kappa shape index (κ2) is 12.7. The molecule has 5 rings (SSSR count). The summed E-state index contributed by atoms with van der Waals surface area (Å²) in [4.78, 5) is 25.6. The molecule has 5 nitrogen and oxygen atoms in total. The number of carbonyl (C=O) groups excluding carboxylic acids is 1. The lowest BCUT2D eigenvalue weighted by Crippen LogP contribution is -2.42. The largest absolute Gasteiger partial charge is 0.480 e. The summed E-state index contributed by atoms with van der Waals surface area (Å²) in [6.45, 7) is 7.04. The van der Waals surface area contributed by atoms with Gasteiger partial charge in [-0.15, -0.1) is 0 Å². The predicted octanol–water partition coefficient (Wildman–Crippen LogP) is 8.50. The minimum absolute atomic E-state index is 0.0807. The van der Waals surface area contributed by atoms with Crippen LogP contribution < -0.4 is 10.6 Å². The van der Waals surface area contributed by atoms with Crippen molar-refractivity contribution in [3.05, 3.63) is 136 Å². The highest BCUT2D eigenvalue weighted by atomic mass is 35.5. The minimum Gasteiger partial charge on any atom is -0.480 e. The maximum absolute atomic E-state index is 13.4. The molecular formula is C37H35ClN2O3. The van der Waals surface area contributed by atoms with E-state index in [0.717, 1.165) is 33.0 Å². The number of carboxylic acids is 1. The number of hydrogen-bond acceptors (Lipinski definition) is 3. The first-order valence-electron chi connectivity index (χ1n) is 14.3. The number of halogens is 1. The maximum atomic E-state index is 13.4. The van der Waals surface area contributed by atoms with Gasteiger partial charge in [-0.1, -0.05) is 123 Å². The number of nitrogens with one attached hydrogen (secondary N) is 2. The SMILES string of the molecule is CC(C)(C)c1ccc(-c2ccc(CC(NC(=O)c3cc(Cl)ccc3NCc3cccc4ccccc34)C(=O)O)cc2)cc1. The summed E-state index contributed by atoms with van der Waals surface area (Å²) in [5.74, 6) is -1.62. The van der Waals surface area contributed by atoms with Crippen molar-refractivity contribution in [3.8, 4) is 11.1 Å². The van der Waals surface area contributed by atoms with E-state index >= 15 is 0 Å². The van der Waals surface area contributed by atoms with Gasteiger partial charge in [0.25, 0.3) is 5.91 Å². The number of carbonyl (C=O) groups is 2. The average molecular weight is 591 g/mol. The van der Waals surface area contributed by atoms with Crippen molar-refractivity contribution in [2.45, 2.75) is 45.2 Å². The fourth-order valence-corrected chi connectivity index (χ4v) is 5.34. The number of rotatable bonds is 9. The molecule has 3 N–H and O–H groups in total. The van der Waals surface area contributed by atoms with Crippen LogP contribution in [0.5, 0.6) is 0 Å². The Morgan fingerprint density at radius 1 is 0.814 bits per heavy atom. The van der Waals surface area contributed by atoms with Crippen molar-refractivity contribution in [3.63, 3.8) is 0 Å². The molecule has 6 heteroatoms. The Labute approximate surface area is 257 Å². The quantitative estimate of drug-likeness (QED) is 0.161. The Bertz CT molecular complexity index is 1750. The number of carboxylic acid groups (broad SMARTS) is 1. The van der Waals surface area contributed by atoms with Crippen LogP contribution in [0.1, 0.15) is 47.8 Å². The highest BCUT2D eigenvalue weighted by Gasteiger charge is 2.23. The number of benzene rings is 5. The molecule has 1 atom stereocenters. The van der Waals surface area contributed by atoms with Crippen molar-refractivity contribution in [2.75, 3.05) is 5.32 Å². The average Bonchev–Trinajstić information content (AvgIpc) is 3.00. The van der Waals surface area contributed by atoms with Crippen molar-refractivity contribution < 1.29 is 14.7 Å². The van der Waals surface area contributed by atoms with Gasteiger partial charge in [0.2, 0.25) is 0 Å². The molecule has 0 heterocycles. The molecule has 0 saturated heterocycles. The lowest BCUT2D eigenvalue weighted by Gasteiger charge is -2.19. The van der Waals surface area contributed by atoms with Gasteiger partial charge in [0, 0.05) is 23.7 Å². The summed E-state index contributed by atoms with van der Waals surface area (Å²) in [5.41, 5.74) is 6.22. The van der Waals surface area contributed by atoms with Crippen molar-refractivity contribution in [2.24, 2.45) is 0 Å². The molecule has 0 saturated carbocycles. The van der Waals surface area contributed by atoms with E-state index in [1.54, 1.807) is 18.2 Å². The van der Waals surface area contributed by atoms with Gasteiger partial charge in [-0.25, -0.2) is 4.79 Å². The van der Waals surface area contributed by atoms with Gasteiger partial charge >= 0.3 is 5.97 Å². The van der Waals surface area contributed by atoms with Gasteiger partial charge < -0.3 is 15.7 Å². The first kappa shape index (κ1) is 29.9. The zero-order chi connectivity index (χ0) is 30.6. The fourth-order valence-electron chi connectivity index (χ4n) is 5.16. The van der Waals surface area contributed by atoms with E-state index in [4.69, 9.17) is 11.6 Å². The van der Waals surface area contributed by atoms with Gasteiger partial charge in [0.05, 0.1) is 5.56 Å². The van der Waals surface area contributed by atoms with Crippen LogP contribution >= 0.6 is 11.6 Å². The van der Waals surface area contributed by atoms with Crippen LogP contribution in [0.4, 0.5) is 5.69 Å². The molecule has 5 aromatic rings. The molecule has 0 aliphatic carbocycles. The molecule has 0 bridgehead atoms. The van der Waals surface area contributed by atoms with E-state index in [1.807, 2.05) is 48.5 Å². The van der Waals surface area contributed by atoms with E-state index in [2.05, 4.69) is 73.9 Å². The van der Waals surface area contributed by atoms with Crippen LogP contribution in [0.2, 0.25) is 5.02 Å². The lowest BCUT2D eigenvalue weighted by atomic mass is 9.86. The number of hydrogen-bond donors (Lipinski definition) is 3. The Kier molecular flexibility index (Phi) is 8.84. The molecule has 5 aromatic carbocycles. The minimum atomic E-state index is -1.12. The normalized spacial score (nSPS) is 12.1. The smallest absolute Gasteiger partial charge is 0.326 e. The van der Waals surface area contributed by atoms with Crippen LogP contribution in [0.3, 0.4) is 0 Å². The second-order valence-electron chi connectivity index (χ2n) is 11.8. The molecular weight excluding hydrogens is 556 g/mol. The summed E-state index contributed by atoms with van der Waals surface area (Å²) >= 11 is 6.26. The summed E-state index contributed by atoms with van der Waals surface area (Å²) in [5, 5.41) is 18.7. The Morgan fingerprint density at radius 3 is 2.14 bits per heavy atom. The standard InChI is InChI=1S/C37H35ClN2O3/c1-37(2,3)29-17-15-26(16-18-29)25-13-11-24(12-14-25)21-34(36(42)43)40-35(41)32-22-30(38)19-20-33(32)39-23-28-9-6-8-27-7-4-5-10-31(27)28/h4-20,22,34,39H,21,23H2,1-3H3,(H,40,41)(H,42,43). The number of amides is 1. The molecule has 0 spiro atoms. The topological polar surface area (TPSA) is 78.4 Å². The van der Waals surface area contributed by atoms with E-state index in [-0.39, 0.29) is 17.4 Å². The first-order chi connectivity index (χ1) is 20.6. The molecule has 0 radical (unpaired) electrons. The molecule has 0 aliphatic rings. The summed E-state index contributed by atoms with van der Waals surface area (Å²) in [6, 6.07) is 34.4. The second-order valence-corrected chi connectivity index (χ2v) is 12.2. The van der Waals surface area contributed by atoms with Gasteiger partial charge in [-0.05, 0) is 62.2 Å². The maximum Gasteiger partial charge on any atom is 0.326 e. The van der Waals surface area contributed by atoms with Crippen molar-refractivity contribution in [1.82, 2.24) is 5.32 Å². The van der Waals surface area contributed by atoms with Crippen LogP contribution in [-0.4, -0.2) is 23.0 Å². The highest BCUT2D eigenvalue weighted by molar-refractivity contribution is 6.31. The monoisotopic (exact) mass is 590 g/mol. The van der Waals surface area contributed by atoms with Gasteiger partial charge in [-0.3, -0.25) is 4.79 Å². The molecule has 0 fully saturated rings. The molecule has 218 valence electrons. The van der Waals surface area contributed by atoms with E-state index in [0.29, 0.717) is 17.3 Å². The molecule has 0 aromatic heterocycles. The van der Waals surface area contributed by atoms with Crippen LogP contribution in [0, 0.1) is 0 Å². The first-order valence-corrected chi connectivity index (χ1v) is 14.7. The Hall–Kier alpha value is -4.61. The molecule has 43 heavy (non-hydrogen) atoms. The van der Waals surface area contributed by atoms with Gasteiger partial charge in [0.1, 0.15) is 6.04 Å². The van der Waals surface area contributed by atoms with E-state index in [1.165, 1.54) is 5.56 Å². The van der Waals surface area contributed by atoms with Crippen molar-refractivity contribution in [1.29, 1.82) is 0 Å². The predicted molar refractivity (Wildman–Crippen MR) is 176 cm³/mol. The van der Waals surface area contributed by atoms with Crippen molar-refractivity contribution >= 4 is 39.9 Å². The van der Waals surface area contributed by atoms with Crippen LogP contribution in [0.25, 0.3) is 21.9 Å². The van der Waals surface area contributed by atoms with Crippen LogP contribution in [-0.2, 0) is 23.2 Å². The highest BCUT2D eigenvalue weighted by Crippen LogP contribution is 2.27. The molecule has 1 amide bonds. The third-order valence-electron chi connectivity index (χ3n) is 7.66. The summed E-state index contributed by atoms with van der Waals surface area (Å²) in [6.07, 6.45) is 0.143. The van der Waals surface area contributed by atoms with E-state index < -0.39 is 17.9 Å². The Morgan fingerprint density at radius 2 is 1.47 bits per heavy atom. The van der Waals surface area contributed by atoms with Crippen LogP contribution in [0.15, 0.2) is 109 Å². The summed E-state index contributed by atoms with van der Waals surface area (Å²) in [7, 11) is 0. The number of anilines is 1. The third-order valence-corrected chi connectivity index (χ3v) is 7.89.